The first-order valence-corrected chi connectivity index (χ1v) is 19.2. The molecule has 282 valence electrons. The first-order chi connectivity index (χ1) is 29.3. The van der Waals surface area contributed by atoms with Gasteiger partial charge < -0.3 is 18.0 Å². The average molecular weight is 783 g/mol. The van der Waals surface area contributed by atoms with Gasteiger partial charge in [0.25, 0.3) is 0 Å². The van der Waals surface area contributed by atoms with Crippen LogP contribution in [0.15, 0.2) is 160 Å². The van der Waals surface area contributed by atoms with E-state index in [-0.39, 0.29) is 5.56 Å². The third-order valence-electron chi connectivity index (χ3n) is 11.8. The van der Waals surface area contributed by atoms with Crippen molar-refractivity contribution in [1.82, 2.24) is 9.13 Å². The number of nitrogens with zero attached hydrogens (tertiary/aromatic N) is 4. The first-order valence-electron chi connectivity index (χ1n) is 19.2. The summed E-state index contributed by atoms with van der Waals surface area (Å²) in [4.78, 5) is 0. The number of aromatic nitrogens is 2. The fourth-order valence-electron chi connectivity index (χ4n) is 9.29. The number of rotatable bonds is 3. The van der Waals surface area contributed by atoms with E-state index in [0.717, 1.165) is 88.5 Å². The fourth-order valence-corrected chi connectivity index (χ4v) is 9.29. The Kier molecular flexibility index (Phi) is 6.84. The van der Waals surface area contributed by atoms with Crippen molar-refractivity contribution in [3.63, 3.8) is 0 Å². The zero-order valence-electron chi connectivity index (χ0n) is 31.2. The number of alkyl halides is 3. The van der Waals surface area contributed by atoms with Gasteiger partial charge in [0.15, 0.2) is 0 Å². The minimum atomic E-state index is -4.65. The molecular weight excluding hydrogens is 758 g/mol. The molecule has 0 radical (unpaired) electrons. The van der Waals surface area contributed by atoms with Crippen molar-refractivity contribution < 1.29 is 22.0 Å². The zero-order chi connectivity index (χ0) is 40.4. The number of hydrogen-bond acceptors (Lipinski definition) is 4. The van der Waals surface area contributed by atoms with Crippen molar-refractivity contribution in [1.29, 1.82) is 10.5 Å². The highest BCUT2D eigenvalue weighted by molar-refractivity contribution is 6.25. The Bertz CT molecular complexity index is 3710. The smallest absolute Gasteiger partial charge is 0.416 e. The predicted molar refractivity (Wildman–Crippen MR) is 230 cm³/mol. The maximum absolute atomic E-state index is 14.0. The molecule has 12 aromatic rings. The SMILES string of the molecule is N#Cc1cc(C(F)(F)F)ccc1-c1cc(-n2c3ccccc3c3c4oc5ccccc5c4ccc32)c(C#N)c(-n2c3ccccc3c3c4oc5ccccc5c4ccc32)c1. The quantitative estimate of drug-likeness (QED) is 0.179. The normalized spacial score (nSPS) is 12.2. The Labute approximate surface area is 337 Å². The molecule has 9 heteroatoms. The van der Waals surface area contributed by atoms with Crippen LogP contribution in [0, 0.1) is 22.7 Å². The van der Waals surface area contributed by atoms with Crippen LogP contribution in [0.3, 0.4) is 0 Å². The summed E-state index contributed by atoms with van der Waals surface area (Å²) in [6.07, 6.45) is -4.65. The second kappa shape index (κ2) is 12.1. The molecule has 6 nitrogen and oxygen atoms in total. The van der Waals surface area contributed by atoms with Gasteiger partial charge in [-0.25, -0.2) is 0 Å². The Morgan fingerprint density at radius 1 is 0.467 bits per heavy atom. The third-order valence-corrected chi connectivity index (χ3v) is 11.8. The van der Waals surface area contributed by atoms with Crippen LogP contribution in [0.4, 0.5) is 13.2 Å². The molecule has 0 saturated carbocycles. The van der Waals surface area contributed by atoms with Gasteiger partial charge in [-0.1, -0.05) is 78.9 Å². The molecule has 0 N–H and O–H groups in total. The van der Waals surface area contributed by atoms with Crippen LogP contribution in [0.5, 0.6) is 0 Å². The molecular formula is C51H25F3N4O2. The minimum Gasteiger partial charge on any atom is -0.455 e. The van der Waals surface area contributed by atoms with Gasteiger partial charge in [0.05, 0.1) is 61.4 Å². The van der Waals surface area contributed by atoms with Gasteiger partial charge in [-0.3, -0.25) is 0 Å². The van der Waals surface area contributed by atoms with Crippen molar-refractivity contribution in [2.24, 2.45) is 0 Å². The van der Waals surface area contributed by atoms with E-state index in [2.05, 4.69) is 6.07 Å². The summed E-state index contributed by atoms with van der Waals surface area (Å²) < 4.78 is 59.2. The van der Waals surface area contributed by atoms with Gasteiger partial charge in [0.1, 0.15) is 34.0 Å². The van der Waals surface area contributed by atoms with Gasteiger partial charge in [0.2, 0.25) is 0 Å². The summed E-state index contributed by atoms with van der Waals surface area (Å²) in [5.41, 5.74) is 6.94. The lowest BCUT2D eigenvalue weighted by molar-refractivity contribution is -0.137. The standard InChI is InChI=1S/C51H25F3N4O2/c52-51(53,54)30-17-18-31(29(23-30)26-55)28-24-43(57-39-13-5-1-11-36(39)47-41(57)21-19-34-32-9-3-7-15-45(32)59-49(34)47)38(27-56)44(25-28)58-40-14-6-2-12-37(40)48-42(58)22-20-35-33-10-4-8-16-46(33)60-50(35)48/h1-25H. The van der Waals surface area contributed by atoms with Crippen LogP contribution in [-0.2, 0) is 6.18 Å². The Morgan fingerprint density at radius 3 is 1.43 bits per heavy atom. The summed E-state index contributed by atoms with van der Waals surface area (Å²) >= 11 is 0. The van der Waals surface area contributed by atoms with E-state index in [1.165, 1.54) is 6.07 Å². The highest BCUT2D eigenvalue weighted by Gasteiger charge is 2.32. The van der Waals surface area contributed by atoms with Crippen LogP contribution in [0.25, 0.3) is 110 Å². The lowest BCUT2D eigenvalue weighted by atomic mass is 9.95. The number of hydrogen-bond donors (Lipinski definition) is 0. The van der Waals surface area contributed by atoms with Crippen molar-refractivity contribution in [3.05, 3.63) is 168 Å². The molecule has 0 amide bonds. The number of nitriles is 2. The van der Waals surface area contributed by atoms with Crippen LogP contribution >= 0.6 is 0 Å². The molecule has 0 saturated heterocycles. The number of para-hydroxylation sites is 4. The predicted octanol–water partition coefficient (Wildman–Crippen LogP) is 14.1. The topological polar surface area (TPSA) is 83.7 Å². The highest BCUT2D eigenvalue weighted by atomic mass is 19.4. The largest absolute Gasteiger partial charge is 0.455 e. The number of benzene rings is 8. The first kappa shape index (κ1) is 33.8. The molecule has 0 bridgehead atoms. The minimum absolute atomic E-state index is 0.149. The Morgan fingerprint density at radius 2 is 0.950 bits per heavy atom. The van der Waals surface area contributed by atoms with E-state index in [9.17, 15) is 23.7 Å². The maximum atomic E-state index is 14.0. The van der Waals surface area contributed by atoms with E-state index >= 15 is 0 Å². The molecule has 4 heterocycles. The summed E-state index contributed by atoms with van der Waals surface area (Å²) in [5, 5.41) is 29.1. The fraction of sp³-hybridized carbons (Fsp3) is 0.0196. The molecule has 0 fully saturated rings. The van der Waals surface area contributed by atoms with Crippen LogP contribution in [-0.4, -0.2) is 9.13 Å². The van der Waals surface area contributed by atoms with E-state index < -0.39 is 11.7 Å². The molecule has 8 aromatic carbocycles. The summed E-state index contributed by atoms with van der Waals surface area (Å²) in [6, 6.07) is 51.0. The molecule has 0 aliphatic carbocycles. The molecule has 12 rings (SSSR count). The molecule has 4 aromatic heterocycles. The van der Waals surface area contributed by atoms with Crippen molar-refractivity contribution >= 4 is 87.5 Å². The average Bonchev–Trinajstić information content (AvgIpc) is 4.03. The van der Waals surface area contributed by atoms with Gasteiger partial charge in [-0.2, -0.15) is 23.7 Å². The van der Waals surface area contributed by atoms with Crippen molar-refractivity contribution in [2.75, 3.05) is 0 Å². The van der Waals surface area contributed by atoms with E-state index in [1.807, 2.05) is 137 Å². The van der Waals surface area contributed by atoms with E-state index in [4.69, 9.17) is 8.83 Å². The second-order valence-electron chi connectivity index (χ2n) is 14.9. The van der Waals surface area contributed by atoms with Crippen LogP contribution in [0.2, 0.25) is 0 Å². The van der Waals surface area contributed by atoms with Crippen LogP contribution in [0.1, 0.15) is 16.7 Å². The van der Waals surface area contributed by atoms with Crippen LogP contribution < -0.4 is 0 Å². The van der Waals surface area contributed by atoms with Crippen molar-refractivity contribution in [2.45, 2.75) is 6.18 Å². The summed E-state index contributed by atoms with van der Waals surface area (Å²) in [6.45, 7) is 0. The summed E-state index contributed by atoms with van der Waals surface area (Å²) in [5.74, 6) is 0. The van der Waals surface area contributed by atoms with Gasteiger partial charge in [0, 0.05) is 32.3 Å². The lowest BCUT2D eigenvalue weighted by Crippen LogP contribution is -2.07. The number of fused-ring (bicyclic) bond motifs is 14. The Hall–Kier alpha value is -8.27. The third kappa shape index (κ3) is 4.57. The zero-order valence-corrected chi connectivity index (χ0v) is 31.2. The molecule has 0 atom stereocenters. The van der Waals surface area contributed by atoms with Gasteiger partial charge in [-0.05, 0) is 83.9 Å². The summed E-state index contributed by atoms with van der Waals surface area (Å²) in [7, 11) is 0. The lowest BCUT2D eigenvalue weighted by Gasteiger charge is -2.19. The Balaban J connectivity index is 1.25. The van der Waals surface area contributed by atoms with Crippen molar-refractivity contribution in [3.8, 4) is 34.6 Å². The molecule has 0 aliphatic rings. The highest BCUT2D eigenvalue weighted by Crippen LogP contribution is 2.46. The van der Waals surface area contributed by atoms with Gasteiger partial charge in [-0.15, -0.1) is 0 Å². The molecule has 0 aliphatic heterocycles. The van der Waals surface area contributed by atoms with E-state index in [1.54, 1.807) is 12.1 Å². The molecule has 0 spiro atoms. The van der Waals surface area contributed by atoms with Gasteiger partial charge >= 0.3 is 6.18 Å². The number of halogens is 3. The maximum Gasteiger partial charge on any atom is 0.416 e. The molecule has 0 unspecified atom stereocenters. The monoisotopic (exact) mass is 782 g/mol. The number of furan rings is 2. The van der Waals surface area contributed by atoms with E-state index in [0.29, 0.717) is 39.2 Å². The molecule has 60 heavy (non-hydrogen) atoms. The second-order valence-corrected chi connectivity index (χ2v) is 14.9.